The highest BCUT2D eigenvalue weighted by atomic mass is 16.4. The minimum absolute atomic E-state index is 0.331. The van der Waals surface area contributed by atoms with Gasteiger partial charge in [0.2, 0.25) is 0 Å². The van der Waals surface area contributed by atoms with Crippen molar-refractivity contribution < 1.29 is 29.7 Å². The first kappa shape index (κ1) is 26.1. The molecular formula is C24H26O6. The van der Waals surface area contributed by atoms with Gasteiger partial charge in [-0.2, -0.15) is 0 Å². The Hall–Kier alpha value is -3.93. The molecule has 0 aromatic heterocycles. The molecule has 30 heavy (non-hydrogen) atoms. The van der Waals surface area contributed by atoms with Crippen LogP contribution in [0.15, 0.2) is 91.0 Å². The van der Waals surface area contributed by atoms with E-state index in [2.05, 4.69) is 13.8 Å². The number of carboxylic acid groups (broad SMARTS) is 3. The summed E-state index contributed by atoms with van der Waals surface area (Å²) in [4.78, 5) is 30.6. The summed E-state index contributed by atoms with van der Waals surface area (Å²) < 4.78 is 0. The molecule has 0 heterocycles. The van der Waals surface area contributed by atoms with Crippen LogP contribution in [0.5, 0.6) is 0 Å². The van der Waals surface area contributed by atoms with Crippen molar-refractivity contribution in [1.29, 1.82) is 0 Å². The van der Waals surface area contributed by atoms with E-state index in [0.717, 1.165) is 0 Å². The fourth-order valence-electron chi connectivity index (χ4n) is 1.74. The first-order chi connectivity index (χ1) is 14.3. The lowest BCUT2D eigenvalue weighted by molar-refractivity contribution is 0.0686. The fraction of sp³-hybridized carbons (Fsp3) is 0.125. The van der Waals surface area contributed by atoms with E-state index in [4.69, 9.17) is 15.3 Å². The second kappa shape index (κ2) is 16.1. The molecule has 0 radical (unpaired) electrons. The summed E-state index contributed by atoms with van der Waals surface area (Å²) in [5.74, 6) is -2.64. The van der Waals surface area contributed by atoms with Crippen molar-refractivity contribution in [3.63, 3.8) is 0 Å². The smallest absolute Gasteiger partial charge is 0.335 e. The van der Waals surface area contributed by atoms with Crippen molar-refractivity contribution in [2.75, 3.05) is 0 Å². The summed E-state index contributed by atoms with van der Waals surface area (Å²) >= 11 is 0. The molecule has 0 saturated heterocycles. The lowest BCUT2D eigenvalue weighted by Gasteiger charge is -1.88. The predicted molar refractivity (Wildman–Crippen MR) is 116 cm³/mol. The highest BCUT2D eigenvalue weighted by molar-refractivity contribution is 5.88. The van der Waals surface area contributed by atoms with Gasteiger partial charge in [0.25, 0.3) is 0 Å². The molecule has 3 aromatic rings. The Morgan fingerprint density at radius 1 is 0.500 bits per heavy atom. The van der Waals surface area contributed by atoms with Crippen molar-refractivity contribution in [3.05, 3.63) is 108 Å². The maximum absolute atomic E-state index is 10.2. The second-order valence-corrected chi connectivity index (χ2v) is 5.72. The Morgan fingerprint density at radius 2 is 0.667 bits per heavy atom. The first-order valence-electron chi connectivity index (χ1n) is 9.18. The van der Waals surface area contributed by atoms with Crippen LogP contribution in [0.2, 0.25) is 0 Å². The minimum atomic E-state index is -0.879. The van der Waals surface area contributed by atoms with Crippen LogP contribution in [-0.4, -0.2) is 33.2 Å². The van der Waals surface area contributed by atoms with Crippen LogP contribution in [-0.2, 0) is 0 Å². The largest absolute Gasteiger partial charge is 0.478 e. The molecule has 3 rings (SSSR count). The number of hydrogen-bond acceptors (Lipinski definition) is 3. The Labute approximate surface area is 176 Å². The van der Waals surface area contributed by atoms with Crippen LogP contribution in [0.25, 0.3) is 0 Å². The monoisotopic (exact) mass is 410 g/mol. The predicted octanol–water partition coefficient (Wildman–Crippen LogP) is 5.57. The van der Waals surface area contributed by atoms with Gasteiger partial charge >= 0.3 is 17.9 Å². The van der Waals surface area contributed by atoms with Crippen molar-refractivity contribution in [3.8, 4) is 0 Å². The van der Waals surface area contributed by atoms with E-state index in [1.54, 1.807) is 91.0 Å². The molecule has 0 fully saturated rings. The van der Waals surface area contributed by atoms with Gasteiger partial charge in [-0.25, -0.2) is 14.4 Å². The van der Waals surface area contributed by atoms with E-state index in [0.29, 0.717) is 16.7 Å². The fourth-order valence-corrected chi connectivity index (χ4v) is 1.74. The zero-order chi connectivity index (χ0) is 22.8. The quantitative estimate of drug-likeness (QED) is 0.520. The highest BCUT2D eigenvalue weighted by Gasteiger charge is 1.98. The number of rotatable bonds is 3. The number of carbonyl (C=O) groups is 3. The van der Waals surface area contributed by atoms with Gasteiger partial charge in [-0.3, -0.25) is 0 Å². The molecule has 158 valence electrons. The van der Waals surface area contributed by atoms with E-state index in [1.165, 1.54) is 6.42 Å². The molecule has 0 aliphatic carbocycles. The maximum Gasteiger partial charge on any atom is 0.335 e. The maximum atomic E-state index is 10.2. The number of aromatic carboxylic acids is 3. The van der Waals surface area contributed by atoms with Gasteiger partial charge in [0.05, 0.1) is 16.7 Å². The normalized spacial score (nSPS) is 8.60. The van der Waals surface area contributed by atoms with Gasteiger partial charge < -0.3 is 15.3 Å². The van der Waals surface area contributed by atoms with E-state index < -0.39 is 17.9 Å². The zero-order valence-electron chi connectivity index (χ0n) is 16.9. The summed E-state index contributed by atoms with van der Waals surface area (Å²) in [6.07, 6.45) is 1.25. The lowest BCUT2D eigenvalue weighted by Crippen LogP contribution is -1.93. The van der Waals surface area contributed by atoms with Crippen LogP contribution in [0, 0.1) is 0 Å². The van der Waals surface area contributed by atoms with Gasteiger partial charge in [0, 0.05) is 0 Å². The molecule has 0 bridgehead atoms. The molecule has 0 saturated carbocycles. The molecule has 0 atom stereocenters. The highest BCUT2D eigenvalue weighted by Crippen LogP contribution is 1.97. The van der Waals surface area contributed by atoms with Crippen LogP contribution >= 0.6 is 0 Å². The van der Waals surface area contributed by atoms with Crippen molar-refractivity contribution in [2.24, 2.45) is 0 Å². The van der Waals surface area contributed by atoms with E-state index in [1.807, 2.05) is 0 Å². The minimum Gasteiger partial charge on any atom is -0.478 e. The van der Waals surface area contributed by atoms with Gasteiger partial charge in [-0.1, -0.05) is 74.9 Å². The third-order valence-corrected chi connectivity index (χ3v) is 3.06. The number of carboxylic acids is 3. The average Bonchev–Trinajstić information content (AvgIpc) is 2.77. The molecule has 3 aromatic carbocycles. The SMILES string of the molecule is CCC.O=C(O)c1ccccc1.O=C(O)c1ccccc1.O=C(O)c1ccccc1. The molecule has 0 aliphatic rings. The molecule has 0 aliphatic heterocycles. The van der Waals surface area contributed by atoms with Crippen molar-refractivity contribution in [2.45, 2.75) is 20.3 Å². The second-order valence-electron chi connectivity index (χ2n) is 5.72. The summed E-state index contributed by atoms with van der Waals surface area (Å²) in [6.45, 7) is 4.25. The van der Waals surface area contributed by atoms with Gasteiger partial charge in [-0.05, 0) is 36.4 Å². The van der Waals surface area contributed by atoms with Gasteiger partial charge in [-0.15, -0.1) is 0 Å². The van der Waals surface area contributed by atoms with Crippen molar-refractivity contribution >= 4 is 17.9 Å². The molecule has 6 heteroatoms. The van der Waals surface area contributed by atoms with E-state index in [9.17, 15) is 14.4 Å². The van der Waals surface area contributed by atoms with Gasteiger partial charge in [0.1, 0.15) is 0 Å². The molecule has 0 amide bonds. The Kier molecular flexibility index (Phi) is 14.0. The van der Waals surface area contributed by atoms with E-state index >= 15 is 0 Å². The lowest BCUT2D eigenvalue weighted by atomic mass is 10.2. The Morgan fingerprint density at radius 3 is 0.767 bits per heavy atom. The average molecular weight is 410 g/mol. The third kappa shape index (κ3) is 12.5. The number of hydrogen-bond donors (Lipinski definition) is 3. The van der Waals surface area contributed by atoms with Crippen LogP contribution in [0.3, 0.4) is 0 Å². The zero-order valence-corrected chi connectivity index (χ0v) is 16.9. The third-order valence-electron chi connectivity index (χ3n) is 3.06. The molecule has 0 unspecified atom stereocenters. The summed E-state index contributed by atoms with van der Waals surface area (Å²) in [6, 6.07) is 24.9. The first-order valence-corrected chi connectivity index (χ1v) is 9.18. The summed E-state index contributed by atoms with van der Waals surface area (Å²) in [7, 11) is 0. The van der Waals surface area contributed by atoms with Crippen LogP contribution in [0.1, 0.15) is 51.3 Å². The van der Waals surface area contributed by atoms with E-state index in [-0.39, 0.29) is 0 Å². The Balaban J connectivity index is 0.000000394. The molecule has 6 nitrogen and oxygen atoms in total. The molecular weight excluding hydrogens is 384 g/mol. The summed E-state index contributed by atoms with van der Waals surface area (Å²) in [5, 5.41) is 25.2. The molecule has 3 N–H and O–H groups in total. The Bertz CT molecular complexity index is 744. The van der Waals surface area contributed by atoms with Crippen LogP contribution in [0.4, 0.5) is 0 Å². The summed E-state index contributed by atoms with van der Waals surface area (Å²) in [5.41, 5.74) is 0.993. The topological polar surface area (TPSA) is 112 Å². The number of benzene rings is 3. The molecule has 0 spiro atoms. The standard InChI is InChI=1S/3C7H6O2.C3H8/c3*8-7(9)6-4-2-1-3-5-6;1-3-2/h3*1-5H,(H,8,9);3H2,1-2H3. The van der Waals surface area contributed by atoms with Crippen LogP contribution < -0.4 is 0 Å². The van der Waals surface area contributed by atoms with Crippen molar-refractivity contribution in [1.82, 2.24) is 0 Å². The van der Waals surface area contributed by atoms with Gasteiger partial charge in [0.15, 0.2) is 0 Å².